The molecule has 0 aliphatic rings. The maximum atomic E-state index is 3.61. The van der Waals surface area contributed by atoms with Gasteiger partial charge >= 0.3 is 0 Å². The van der Waals surface area contributed by atoms with Crippen molar-refractivity contribution in [2.75, 3.05) is 26.2 Å². The van der Waals surface area contributed by atoms with Crippen molar-refractivity contribution < 1.29 is 0 Å². The number of benzene rings is 1. The van der Waals surface area contributed by atoms with Crippen molar-refractivity contribution in [3.05, 3.63) is 35.9 Å². The normalized spacial score (nSPS) is 12.9. The molecule has 0 heterocycles. The predicted octanol–water partition coefficient (Wildman–Crippen LogP) is 2.94. The Morgan fingerprint density at radius 1 is 1.11 bits per heavy atom. The van der Waals surface area contributed by atoms with Crippen molar-refractivity contribution in [1.29, 1.82) is 0 Å². The molecule has 1 N–H and O–H groups in total. The SMILES string of the molecule is CCN(CC)CC(C)NCCCc1ccccc1. The van der Waals surface area contributed by atoms with Crippen LogP contribution in [0.5, 0.6) is 0 Å². The lowest BCUT2D eigenvalue weighted by atomic mass is 10.1. The lowest BCUT2D eigenvalue weighted by Crippen LogP contribution is -2.39. The van der Waals surface area contributed by atoms with Crippen LogP contribution in [0.1, 0.15) is 32.8 Å². The van der Waals surface area contributed by atoms with Crippen LogP contribution >= 0.6 is 0 Å². The summed E-state index contributed by atoms with van der Waals surface area (Å²) in [5.74, 6) is 0. The standard InChI is InChI=1S/C16H28N2/c1-4-18(5-2)14-15(3)17-13-9-12-16-10-7-6-8-11-16/h6-8,10-11,15,17H,4-5,9,12-14H2,1-3H3. The zero-order valence-electron chi connectivity index (χ0n) is 12.2. The quantitative estimate of drug-likeness (QED) is 0.676. The van der Waals surface area contributed by atoms with Crippen molar-refractivity contribution in [1.82, 2.24) is 10.2 Å². The highest BCUT2D eigenvalue weighted by Crippen LogP contribution is 2.01. The number of rotatable bonds is 9. The van der Waals surface area contributed by atoms with E-state index < -0.39 is 0 Å². The molecule has 2 heteroatoms. The maximum absolute atomic E-state index is 3.61. The largest absolute Gasteiger partial charge is 0.313 e. The molecular formula is C16H28N2. The summed E-state index contributed by atoms with van der Waals surface area (Å²) in [6.07, 6.45) is 2.39. The fourth-order valence-corrected chi connectivity index (χ4v) is 2.22. The third-order valence-corrected chi connectivity index (χ3v) is 3.40. The van der Waals surface area contributed by atoms with E-state index in [4.69, 9.17) is 0 Å². The van der Waals surface area contributed by atoms with E-state index in [9.17, 15) is 0 Å². The van der Waals surface area contributed by atoms with E-state index in [2.05, 4.69) is 61.3 Å². The fourth-order valence-electron chi connectivity index (χ4n) is 2.22. The summed E-state index contributed by atoms with van der Waals surface area (Å²) in [5.41, 5.74) is 1.44. The third-order valence-electron chi connectivity index (χ3n) is 3.40. The molecule has 0 saturated heterocycles. The van der Waals surface area contributed by atoms with E-state index in [1.54, 1.807) is 0 Å². The van der Waals surface area contributed by atoms with Gasteiger partial charge in [-0.25, -0.2) is 0 Å². The molecule has 1 rings (SSSR count). The molecule has 0 radical (unpaired) electrons. The van der Waals surface area contributed by atoms with Gasteiger partial charge in [0, 0.05) is 12.6 Å². The van der Waals surface area contributed by atoms with Crippen LogP contribution < -0.4 is 5.32 Å². The molecule has 0 amide bonds. The first-order chi connectivity index (χ1) is 8.76. The van der Waals surface area contributed by atoms with Crippen LogP contribution in [0.4, 0.5) is 0 Å². The highest BCUT2D eigenvalue weighted by Gasteiger charge is 2.05. The minimum absolute atomic E-state index is 0.584. The molecule has 0 saturated carbocycles. The molecule has 102 valence electrons. The van der Waals surface area contributed by atoms with Crippen molar-refractivity contribution in [3.8, 4) is 0 Å². The van der Waals surface area contributed by atoms with Gasteiger partial charge in [0.1, 0.15) is 0 Å². The third kappa shape index (κ3) is 6.18. The van der Waals surface area contributed by atoms with Gasteiger partial charge in [0.05, 0.1) is 0 Å². The average Bonchev–Trinajstić information content (AvgIpc) is 2.42. The number of nitrogens with one attached hydrogen (secondary N) is 1. The first kappa shape index (κ1) is 15.2. The van der Waals surface area contributed by atoms with Crippen LogP contribution in [-0.2, 0) is 6.42 Å². The molecule has 1 unspecified atom stereocenters. The lowest BCUT2D eigenvalue weighted by Gasteiger charge is -2.23. The van der Waals surface area contributed by atoms with Crippen LogP contribution in [0, 0.1) is 0 Å². The van der Waals surface area contributed by atoms with E-state index >= 15 is 0 Å². The second-order valence-electron chi connectivity index (χ2n) is 4.93. The Labute approximate surface area is 112 Å². The zero-order valence-corrected chi connectivity index (χ0v) is 12.2. The molecule has 0 spiro atoms. The molecule has 2 nitrogen and oxygen atoms in total. The van der Waals surface area contributed by atoms with E-state index in [-0.39, 0.29) is 0 Å². The molecule has 1 atom stereocenters. The molecule has 18 heavy (non-hydrogen) atoms. The van der Waals surface area contributed by atoms with E-state index in [0.29, 0.717) is 6.04 Å². The topological polar surface area (TPSA) is 15.3 Å². The summed E-state index contributed by atoms with van der Waals surface area (Å²) in [4.78, 5) is 2.47. The minimum atomic E-state index is 0.584. The minimum Gasteiger partial charge on any atom is -0.313 e. The van der Waals surface area contributed by atoms with Crippen LogP contribution in [0.2, 0.25) is 0 Å². The van der Waals surface area contributed by atoms with E-state index in [0.717, 1.165) is 26.2 Å². The van der Waals surface area contributed by atoms with Gasteiger partial charge in [0.2, 0.25) is 0 Å². The van der Waals surface area contributed by atoms with Gasteiger partial charge < -0.3 is 10.2 Å². The monoisotopic (exact) mass is 248 g/mol. The van der Waals surface area contributed by atoms with Gasteiger partial charge in [-0.2, -0.15) is 0 Å². The van der Waals surface area contributed by atoms with Crippen molar-refractivity contribution in [2.45, 2.75) is 39.7 Å². The van der Waals surface area contributed by atoms with Gasteiger partial charge in [-0.05, 0) is 45.0 Å². The Balaban J connectivity index is 2.10. The molecule has 0 aromatic heterocycles. The number of likely N-dealkylation sites (N-methyl/N-ethyl adjacent to an activating group) is 1. The predicted molar refractivity (Wildman–Crippen MR) is 80.0 cm³/mol. The highest BCUT2D eigenvalue weighted by molar-refractivity contribution is 5.14. The molecule has 1 aromatic carbocycles. The Kier molecular flexibility index (Phi) is 7.70. The summed E-state index contributed by atoms with van der Waals surface area (Å²) < 4.78 is 0. The number of hydrogen-bond donors (Lipinski definition) is 1. The van der Waals surface area contributed by atoms with Crippen LogP contribution in [0.3, 0.4) is 0 Å². The summed E-state index contributed by atoms with van der Waals surface area (Å²) in [6, 6.07) is 11.3. The maximum Gasteiger partial charge on any atom is 0.0166 e. The first-order valence-electron chi connectivity index (χ1n) is 7.25. The highest BCUT2D eigenvalue weighted by atomic mass is 15.1. The first-order valence-corrected chi connectivity index (χ1v) is 7.25. The van der Waals surface area contributed by atoms with Crippen LogP contribution in [0.15, 0.2) is 30.3 Å². The lowest BCUT2D eigenvalue weighted by molar-refractivity contribution is 0.271. The Bertz CT molecular complexity index is 293. The molecule has 1 aromatic rings. The summed E-state index contributed by atoms with van der Waals surface area (Å²) in [7, 11) is 0. The molecular weight excluding hydrogens is 220 g/mol. The second kappa shape index (κ2) is 9.12. The van der Waals surface area contributed by atoms with Gasteiger partial charge in [-0.1, -0.05) is 44.2 Å². The molecule has 0 aliphatic heterocycles. The summed E-state index contributed by atoms with van der Waals surface area (Å²) in [6.45, 7) is 11.3. The van der Waals surface area contributed by atoms with Crippen molar-refractivity contribution >= 4 is 0 Å². The zero-order chi connectivity index (χ0) is 13.2. The van der Waals surface area contributed by atoms with E-state index in [1.165, 1.54) is 18.4 Å². The Morgan fingerprint density at radius 2 is 1.78 bits per heavy atom. The second-order valence-corrected chi connectivity index (χ2v) is 4.93. The van der Waals surface area contributed by atoms with Crippen molar-refractivity contribution in [3.63, 3.8) is 0 Å². The molecule has 0 fully saturated rings. The molecule has 0 bridgehead atoms. The number of aryl methyl sites for hydroxylation is 1. The smallest absolute Gasteiger partial charge is 0.0166 e. The van der Waals surface area contributed by atoms with Crippen molar-refractivity contribution in [2.24, 2.45) is 0 Å². The number of hydrogen-bond acceptors (Lipinski definition) is 2. The summed E-state index contributed by atoms with van der Waals surface area (Å²) in [5, 5.41) is 3.61. The van der Waals surface area contributed by atoms with Crippen LogP contribution in [0.25, 0.3) is 0 Å². The van der Waals surface area contributed by atoms with Gasteiger partial charge in [-0.15, -0.1) is 0 Å². The van der Waals surface area contributed by atoms with Gasteiger partial charge in [0.15, 0.2) is 0 Å². The summed E-state index contributed by atoms with van der Waals surface area (Å²) >= 11 is 0. The fraction of sp³-hybridized carbons (Fsp3) is 0.625. The molecule has 0 aliphatic carbocycles. The Hall–Kier alpha value is -0.860. The van der Waals surface area contributed by atoms with Gasteiger partial charge in [-0.3, -0.25) is 0 Å². The van der Waals surface area contributed by atoms with Gasteiger partial charge in [0.25, 0.3) is 0 Å². The Morgan fingerprint density at radius 3 is 2.39 bits per heavy atom. The van der Waals surface area contributed by atoms with E-state index in [1.807, 2.05) is 0 Å². The average molecular weight is 248 g/mol. The number of nitrogens with zero attached hydrogens (tertiary/aromatic N) is 1. The van der Waals surface area contributed by atoms with Crippen LogP contribution in [-0.4, -0.2) is 37.1 Å².